The zero-order valence-electron chi connectivity index (χ0n) is 38.9. The van der Waals surface area contributed by atoms with E-state index in [1.807, 2.05) is 31.9 Å². The van der Waals surface area contributed by atoms with Gasteiger partial charge in [0.25, 0.3) is 0 Å². The smallest absolute Gasteiger partial charge is 0.344 e. The Hall–Kier alpha value is -4.12. The molecule has 15 heteroatoms. The van der Waals surface area contributed by atoms with Gasteiger partial charge in [-0.05, 0) is 105 Å². The number of carbonyl (C=O) groups is 3. The fourth-order valence-electron chi connectivity index (χ4n) is 14.0. The molecule has 4 N–H and O–H groups in total. The van der Waals surface area contributed by atoms with E-state index in [0.29, 0.717) is 82.6 Å². The van der Waals surface area contributed by atoms with Gasteiger partial charge in [-0.1, -0.05) is 26.0 Å². The van der Waals surface area contributed by atoms with Crippen LogP contribution in [0.1, 0.15) is 88.1 Å². The second kappa shape index (κ2) is 16.9. The van der Waals surface area contributed by atoms with Gasteiger partial charge in [-0.15, -0.1) is 11.8 Å². The zero-order valence-corrected chi connectivity index (χ0v) is 39.7. The molecule has 1 saturated carbocycles. The van der Waals surface area contributed by atoms with Crippen LogP contribution in [0.3, 0.4) is 0 Å². The molecule has 0 radical (unpaired) electrons. The Labute approximate surface area is 386 Å². The van der Waals surface area contributed by atoms with E-state index in [-0.39, 0.29) is 18.6 Å². The van der Waals surface area contributed by atoms with Crippen LogP contribution in [0.25, 0.3) is 10.9 Å². The Morgan fingerprint density at radius 1 is 0.954 bits per heavy atom. The first kappa shape index (κ1) is 46.0. The average Bonchev–Trinajstić information content (AvgIpc) is 3.96. The fourth-order valence-corrected chi connectivity index (χ4v) is 15.0. The number of anilines is 1. The molecule has 3 fully saturated rings. The molecule has 1 aliphatic carbocycles. The van der Waals surface area contributed by atoms with Crippen molar-refractivity contribution in [2.45, 2.75) is 117 Å². The third-order valence-corrected chi connectivity index (χ3v) is 17.6. The minimum Gasteiger partial charge on any atom is -0.496 e. The van der Waals surface area contributed by atoms with Crippen LogP contribution < -0.4 is 9.64 Å². The lowest BCUT2D eigenvalue weighted by atomic mass is 9.47. The van der Waals surface area contributed by atoms with Crippen molar-refractivity contribution in [2.75, 3.05) is 78.4 Å². The largest absolute Gasteiger partial charge is 0.496 e. The Bertz CT molecular complexity index is 2410. The number of carbonyl (C=O) groups excluding carboxylic acids is 3. The number of fused-ring (bicyclic) bond motifs is 6. The van der Waals surface area contributed by atoms with Gasteiger partial charge < -0.3 is 44.2 Å². The number of benzene rings is 2. The molecular formula is C50H66N4O10S. The highest BCUT2D eigenvalue weighted by Gasteiger charge is 2.80. The molecule has 6 aliphatic rings. The fraction of sp³-hybridized carbons (Fsp3) is 0.620. The maximum atomic E-state index is 15.6. The van der Waals surface area contributed by atoms with Gasteiger partial charge in [0.2, 0.25) is 5.60 Å². The maximum Gasteiger partial charge on any atom is 0.344 e. The summed E-state index contributed by atoms with van der Waals surface area (Å²) in [6.45, 7) is 8.68. The van der Waals surface area contributed by atoms with Crippen LogP contribution in [0, 0.1) is 11.3 Å². The van der Waals surface area contributed by atoms with Crippen molar-refractivity contribution in [3.63, 3.8) is 0 Å². The lowest BCUT2D eigenvalue weighted by Crippen LogP contribution is -2.81. The van der Waals surface area contributed by atoms with E-state index >= 15 is 4.79 Å². The normalized spacial score (nSPS) is 34.7. The van der Waals surface area contributed by atoms with E-state index in [1.54, 1.807) is 18.9 Å². The molecule has 0 amide bonds. The number of nitrogens with zero attached hydrogens (tertiary/aromatic N) is 3. The van der Waals surface area contributed by atoms with E-state index in [4.69, 9.17) is 18.9 Å². The number of aliphatic hydroxyl groups excluding tert-OH is 1. The quantitative estimate of drug-likeness (QED) is 0.0638. The highest BCUT2D eigenvalue weighted by Crippen LogP contribution is 2.68. The second-order valence-electron chi connectivity index (χ2n) is 19.6. The summed E-state index contributed by atoms with van der Waals surface area (Å²) in [7, 11) is 6.15. The number of rotatable bonds is 12. The summed E-state index contributed by atoms with van der Waals surface area (Å²) in [6, 6.07) is 9.18. The first-order chi connectivity index (χ1) is 31.2. The van der Waals surface area contributed by atoms with Crippen molar-refractivity contribution in [1.29, 1.82) is 0 Å². The highest BCUT2D eigenvalue weighted by atomic mass is 32.2. The number of piperidine rings is 1. The molecule has 5 aliphatic heterocycles. The maximum absolute atomic E-state index is 15.6. The molecule has 2 bridgehead atoms. The monoisotopic (exact) mass is 914 g/mol. The van der Waals surface area contributed by atoms with E-state index in [1.165, 1.54) is 21.1 Å². The van der Waals surface area contributed by atoms with Gasteiger partial charge in [0.05, 0.1) is 33.0 Å². The summed E-state index contributed by atoms with van der Waals surface area (Å²) < 4.78 is 24.1. The number of hydrogen-bond donors (Lipinski definition) is 4. The second-order valence-corrected chi connectivity index (χ2v) is 20.8. The molecule has 352 valence electrons. The summed E-state index contributed by atoms with van der Waals surface area (Å²) >= 11 is 1.75. The minimum atomic E-state index is -2.32. The SMILES string of the molecule is CC[C@]1(O)C[C@H]2CN(CCc3c([nH]c4ccc(SCCCCO)cc34)[C@@](C(=O)OC)(c3cc4c(cc3OC)N(C)[C@H]3[C@@](O)(C(=O)OC)[C@H](OC(C)=O)[C@]5(CC)C=CCN6CC[C@]43[C@@H]65)C2)C1. The number of hydrogen-bond acceptors (Lipinski definition) is 14. The van der Waals surface area contributed by atoms with Crippen LogP contribution in [0.5, 0.6) is 5.75 Å². The minimum absolute atomic E-state index is 0.129. The van der Waals surface area contributed by atoms with Gasteiger partial charge in [-0.2, -0.15) is 0 Å². The van der Waals surface area contributed by atoms with Crippen LogP contribution in [0.4, 0.5) is 5.69 Å². The van der Waals surface area contributed by atoms with Crippen molar-refractivity contribution in [1.82, 2.24) is 14.8 Å². The number of nitrogens with one attached hydrogen (secondary N) is 1. The molecule has 1 unspecified atom stereocenters. The lowest BCUT2D eigenvalue weighted by molar-refractivity contribution is -0.228. The van der Waals surface area contributed by atoms with Gasteiger partial charge in [0.1, 0.15) is 11.2 Å². The molecule has 2 aromatic carbocycles. The van der Waals surface area contributed by atoms with E-state index < -0.39 is 57.5 Å². The molecule has 1 aromatic heterocycles. The molecular weight excluding hydrogens is 849 g/mol. The molecule has 10 atom stereocenters. The van der Waals surface area contributed by atoms with Gasteiger partial charge in [0, 0.05) is 102 Å². The van der Waals surface area contributed by atoms with Crippen LogP contribution in [-0.2, 0) is 45.8 Å². The number of unbranched alkanes of at least 4 members (excludes halogenated alkanes) is 1. The lowest BCUT2D eigenvalue weighted by Gasteiger charge is -2.63. The first-order valence-corrected chi connectivity index (χ1v) is 24.4. The van der Waals surface area contributed by atoms with Crippen molar-refractivity contribution in [2.24, 2.45) is 11.3 Å². The molecule has 65 heavy (non-hydrogen) atoms. The number of ether oxygens (including phenoxy) is 4. The van der Waals surface area contributed by atoms with Crippen LogP contribution >= 0.6 is 11.8 Å². The third kappa shape index (κ3) is 6.63. The Kier molecular flexibility index (Phi) is 12.0. The van der Waals surface area contributed by atoms with E-state index in [2.05, 4.69) is 51.2 Å². The van der Waals surface area contributed by atoms with Gasteiger partial charge in [-0.3, -0.25) is 19.4 Å². The Morgan fingerprint density at radius 2 is 1.74 bits per heavy atom. The summed E-state index contributed by atoms with van der Waals surface area (Å²) in [5, 5.41) is 36.0. The van der Waals surface area contributed by atoms with Crippen molar-refractivity contribution in [3.05, 3.63) is 64.9 Å². The van der Waals surface area contributed by atoms with Crippen LogP contribution in [0.15, 0.2) is 47.4 Å². The predicted octanol–water partition coefficient (Wildman–Crippen LogP) is 4.86. The van der Waals surface area contributed by atoms with Gasteiger partial charge >= 0.3 is 17.9 Å². The number of H-pyrrole nitrogens is 1. The summed E-state index contributed by atoms with van der Waals surface area (Å²) in [4.78, 5) is 54.7. The van der Waals surface area contributed by atoms with Crippen molar-refractivity contribution < 1.29 is 48.7 Å². The number of aromatic nitrogens is 1. The molecule has 3 aromatic rings. The number of aliphatic hydroxyl groups is 3. The number of esters is 3. The summed E-state index contributed by atoms with van der Waals surface area (Å²) in [5.41, 5.74) is -1.86. The summed E-state index contributed by atoms with van der Waals surface area (Å²) in [6.07, 6.45) is 7.43. The number of methoxy groups -OCH3 is 3. The van der Waals surface area contributed by atoms with Gasteiger partial charge in [0.15, 0.2) is 6.10 Å². The van der Waals surface area contributed by atoms with E-state index in [9.17, 15) is 24.9 Å². The Morgan fingerprint density at radius 3 is 2.43 bits per heavy atom. The zero-order chi connectivity index (χ0) is 46.3. The van der Waals surface area contributed by atoms with Crippen molar-refractivity contribution >= 4 is 46.3 Å². The number of likely N-dealkylation sites (N-methyl/N-ethyl adjacent to an activating group) is 1. The number of thioether (sulfide) groups is 1. The van der Waals surface area contributed by atoms with Crippen molar-refractivity contribution in [3.8, 4) is 5.75 Å². The molecule has 9 rings (SSSR count). The molecule has 1 spiro atoms. The van der Waals surface area contributed by atoms with E-state index in [0.717, 1.165) is 56.9 Å². The molecule has 6 heterocycles. The predicted molar refractivity (Wildman–Crippen MR) is 247 cm³/mol. The topological polar surface area (TPSA) is 174 Å². The third-order valence-electron chi connectivity index (χ3n) is 16.5. The Balaban J connectivity index is 1.33. The number of aromatic amines is 1. The highest BCUT2D eigenvalue weighted by molar-refractivity contribution is 7.99. The standard InChI is InChI=1S/C50H66N4O10S/c1-8-46(59)26-31-27-49(44(57)62-6,40-33(15-19-53(28-31)29-46)34-23-32(13-14-37(34)51-40)65-22-11-10-21-55)36-24-35-38(25-39(36)61-5)52(4)42-48(35)17-20-54-18-12-16-47(9-2,41(48)54)43(64-30(3)56)50(42,60)45(58)63-7/h12-14,16,23-25,31,41-43,51,55,59-60H,8-11,15,17-22,26-29H2,1-7H3/t31-,41+,42-,43-,46+,47-,48-,49+,50+/m1/s1. The average molecular weight is 915 g/mol. The summed E-state index contributed by atoms with van der Waals surface area (Å²) in [5.74, 6) is -0.776. The van der Waals surface area contributed by atoms with Gasteiger partial charge in [-0.25, -0.2) is 4.79 Å². The van der Waals surface area contributed by atoms with Crippen LogP contribution in [0.2, 0.25) is 0 Å². The van der Waals surface area contributed by atoms with Crippen LogP contribution in [-0.4, -0.2) is 151 Å². The molecule has 14 nitrogen and oxygen atoms in total. The first-order valence-electron chi connectivity index (χ1n) is 23.4. The molecule has 2 saturated heterocycles.